The van der Waals surface area contributed by atoms with Crippen LogP contribution in [-0.2, 0) is 20.9 Å². The van der Waals surface area contributed by atoms with Crippen LogP contribution in [0.15, 0.2) is 42.5 Å². The third-order valence-corrected chi connectivity index (χ3v) is 3.99. The number of amides is 1. The highest BCUT2D eigenvalue weighted by Gasteiger charge is 2.36. The molecular weight excluding hydrogens is 322 g/mol. The number of methoxy groups -OCH3 is 1. The molecule has 0 radical (unpaired) electrons. The summed E-state index contributed by atoms with van der Waals surface area (Å²) in [4.78, 5) is 37.3. The number of fused-ring (bicyclic) bond motifs is 1. The van der Waals surface area contributed by atoms with Crippen molar-refractivity contribution >= 4 is 23.3 Å². The Labute approximate surface area is 145 Å². The van der Waals surface area contributed by atoms with Crippen LogP contribution < -0.4 is 9.64 Å². The lowest BCUT2D eigenvalue weighted by molar-refractivity contribution is -0.143. The van der Waals surface area contributed by atoms with E-state index < -0.39 is 17.7 Å². The standard InChI is InChI=1S/C19H17NO5/c1-12-7-8-16(24-2)13(9-12)11-25-17(21)10-20-15-6-4-3-5-14(15)18(22)19(20)23/h3-9H,10-11H2,1-2H3. The number of carbonyl (C=O) groups is 3. The fourth-order valence-corrected chi connectivity index (χ4v) is 2.76. The average molecular weight is 339 g/mol. The topological polar surface area (TPSA) is 72.9 Å². The molecule has 1 amide bonds. The molecule has 0 aromatic heterocycles. The molecule has 0 saturated heterocycles. The van der Waals surface area contributed by atoms with Gasteiger partial charge in [0, 0.05) is 5.56 Å². The maximum Gasteiger partial charge on any atom is 0.326 e. The van der Waals surface area contributed by atoms with Crippen LogP contribution in [0.3, 0.4) is 0 Å². The fourth-order valence-electron chi connectivity index (χ4n) is 2.76. The van der Waals surface area contributed by atoms with Gasteiger partial charge in [0.25, 0.3) is 11.7 Å². The summed E-state index contributed by atoms with van der Waals surface area (Å²) in [5.41, 5.74) is 2.49. The lowest BCUT2D eigenvalue weighted by Crippen LogP contribution is -2.35. The number of ether oxygens (including phenoxy) is 2. The van der Waals surface area contributed by atoms with Gasteiger partial charge in [-0.1, -0.05) is 23.8 Å². The Kier molecular flexibility index (Phi) is 4.52. The Hall–Kier alpha value is -3.15. The van der Waals surface area contributed by atoms with Gasteiger partial charge in [0.2, 0.25) is 0 Å². The number of benzene rings is 2. The van der Waals surface area contributed by atoms with Gasteiger partial charge >= 0.3 is 5.97 Å². The highest BCUT2D eigenvalue weighted by Crippen LogP contribution is 2.28. The Morgan fingerprint density at radius 3 is 2.64 bits per heavy atom. The number of hydrogen-bond donors (Lipinski definition) is 0. The van der Waals surface area contributed by atoms with Crippen molar-refractivity contribution in [3.8, 4) is 5.75 Å². The molecule has 0 saturated carbocycles. The second kappa shape index (κ2) is 6.76. The summed E-state index contributed by atoms with van der Waals surface area (Å²) < 4.78 is 10.5. The van der Waals surface area contributed by atoms with Crippen LogP contribution in [0.2, 0.25) is 0 Å². The Morgan fingerprint density at radius 1 is 1.12 bits per heavy atom. The smallest absolute Gasteiger partial charge is 0.326 e. The van der Waals surface area contributed by atoms with Crippen molar-refractivity contribution in [1.29, 1.82) is 0 Å². The molecule has 0 N–H and O–H groups in total. The molecular formula is C19H17NO5. The lowest BCUT2D eigenvalue weighted by Gasteiger charge is -2.16. The van der Waals surface area contributed by atoms with Crippen LogP contribution in [0.1, 0.15) is 21.5 Å². The zero-order chi connectivity index (χ0) is 18.0. The molecule has 6 nitrogen and oxygen atoms in total. The Bertz CT molecular complexity index is 859. The molecule has 0 unspecified atom stereocenters. The SMILES string of the molecule is COc1ccc(C)cc1COC(=O)CN1C(=O)C(=O)c2ccccc21. The van der Waals surface area contributed by atoms with E-state index in [9.17, 15) is 14.4 Å². The van der Waals surface area contributed by atoms with Crippen LogP contribution in [0.4, 0.5) is 5.69 Å². The molecule has 3 rings (SSSR count). The number of ketones is 1. The van der Waals surface area contributed by atoms with Crippen molar-refractivity contribution in [3.63, 3.8) is 0 Å². The number of anilines is 1. The normalized spacial score (nSPS) is 13.0. The van der Waals surface area contributed by atoms with Crippen molar-refractivity contribution in [2.24, 2.45) is 0 Å². The minimum atomic E-state index is -0.716. The van der Waals surface area contributed by atoms with Crippen molar-refractivity contribution < 1.29 is 23.9 Å². The molecule has 1 heterocycles. The summed E-state index contributed by atoms with van der Waals surface area (Å²) in [7, 11) is 1.54. The molecule has 25 heavy (non-hydrogen) atoms. The Morgan fingerprint density at radius 2 is 1.88 bits per heavy atom. The number of carbonyl (C=O) groups excluding carboxylic acids is 3. The van der Waals surface area contributed by atoms with E-state index in [1.165, 1.54) is 0 Å². The van der Waals surface area contributed by atoms with Crippen LogP contribution in [-0.4, -0.2) is 31.3 Å². The zero-order valence-electron chi connectivity index (χ0n) is 13.9. The van der Waals surface area contributed by atoms with Gasteiger partial charge in [-0.2, -0.15) is 0 Å². The monoisotopic (exact) mass is 339 g/mol. The van der Waals surface area contributed by atoms with E-state index >= 15 is 0 Å². The molecule has 6 heteroatoms. The first-order valence-electron chi connectivity index (χ1n) is 7.75. The maximum atomic E-state index is 12.2. The molecule has 0 atom stereocenters. The number of rotatable bonds is 5. The van der Waals surface area contributed by atoms with E-state index in [0.29, 0.717) is 17.0 Å². The predicted molar refractivity (Wildman–Crippen MR) is 90.7 cm³/mol. The van der Waals surface area contributed by atoms with Crippen molar-refractivity contribution in [2.75, 3.05) is 18.6 Å². The molecule has 0 fully saturated rings. The quantitative estimate of drug-likeness (QED) is 0.617. The average Bonchev–Trinajstić information content (AvgIpc) is 2.85. The van der Waals surface area contributed by atoms with E-state index in [4.69, 9.17) is 9.47 Å². The van der Waals surface area contributed by atoms with Crippen LogP contribution >= 0.6 is 0 Å². The first-order valence-corrected chi connectivity index (χ1v) is 7.75. The van der Waals surface area contributed by atoms with Gasteiger partial charge in [-0.05, 0) is 31.2 Å². The number of aryl methyl sites for hydroxylation is 1. The minimum Gasteiger partial charge on any atom is -0.496 e. The molecule has 1 aliphatic heterocycles. The number of Topliss-reactive ketones (excluding diaryl/α,β-unsaturated/α-hetero) is 1. The zero-order valence-corrected chi connectivity index (χ0v) is 13.9. The maximum absolute atomic E-state index is 12.2. The molecule has 2 aromatic rings. The van der Waals surface area contributed by atoms with Gasteiger partial charge in [0.1, 0.15) is 18.9 Å². The second-order valence-electron chi connectivity index (χ2n) is 5.71. The molecule has 1 aliphatic rings. The van der Waals surface area contributed by atoms with Gasteiger partial charge < -0.3 is 9.47 Å². The fraction of sp³-hybridized carbons (Fsp3) is 0.211. The first-order chi connectivity index (χ1) is 12.0. The predicted octanol–water partition coefficient (Wildman–Crippen LogP) is 2.28. The van der Waals surface area contributed by atoms with Crippen molar-refractivity contribution in [1.82, 2.24) is 0 Å². The molecule has 2 aromatic carbocycles. The summed E-state index contributed by atoms with van der Waals surface area (Å²) in [5, 5.41) is 0. The van der Waals surface area contributed by atoms with Gasteiger partial charge in [0.15, 0.2) is 0 Å². The van der Waals surface area contributed by atoms with Gasteiger partial charge in [-0.25, -0.2) is 0 Å². The van der Waals surface area contributed by atoms with Crippen LogP contribution in [0.5, 0.6) is 5.75 Å². The lowest BCUT2D eigenvalue weighted by atomic mass is 10.1. The van der Waals surface area contributed by atoms with Gasteiger partial charge in [-0.15, -0.1) is 0 Å². The molecule has 0 aliphatic carbocycles. The van der Waals surface area contributed by atoms with Crippen LogP contribution in [0, 0.1) is 6.92 Å². The highest BCUT2D eigenvalue weighted by molar-refractivity contribution is 6.52. The van der Waals surface area contributed by atoms with E-state index in [-0.39, 0.29) is 13.2 Å². The summed E-state index contributed by atoms with van der Waals surface area (Å²) in [6.07, 6.45) is 0. The van der Waals surface area contributed by atoms with E-state index in [2.05, 4.69) is 0 Å². The number of esters is 1. The summed E-state index contributed by atoms with van der Waals surface area (Å²) in [5.74, 6) is -1.30. The minimum absolute atomic E-state index is 0.0291. The molecule has 128 valence electrons. The second-order valence-corrected chi connectivity index (χ2v) is 5.71. The summed E-state index contributed by atoms with van der Waals surface area (Å²) in [6, 6.07) is 12.2. The van der Waals surface area contributed by atoms with Gasteiger partial charge in [0.05, 0.1) is 18.4 Å². The van der Waals surface area contributed by atoms with Crippen molar-refractivity contribution in [2.45, 2.75) is 13.5 Å². The number of para-hydroxylation sites is 1. The van der Waals surface area contributed by atoms with Gasteiger partial charge in [-0.3, -0.25) is 19.3 Å². The van der Waals surface area contributed by atoms with E-state index in [1.54, 1.807) is 37.4 Å². The third-order valence-electron chi connectivity index (χ3n) is 3.99. The summed E-state index contributed by atoms with van der Waals surface area (Å²) >= 11 is 0. The Balaban J connectivity index is 1.69. The highest BCUT2D eigenvalue weighted by atomic mass is 16.5. The van der Waals surface area contributed by atoms with Crippen molar-refractivity contribution in [3.05, 3.63) is 59.2 Å². The number of nitrogens with zero attached hydrogens (tertiary/aromatic N) is 1. The molecule has 0 bridgehead atoms. The van der Waals surface area contributed by atoms with Crippen LogP contribution in [0.25, 0.3) is 0 Å². The van der Waals surface area contributed by atoms with E-state index in [0.717, 1.165) is 16.0 Å². The first kappa shape index (κ1) is 16.7. The van der Waals surface area contributed by atoms with E-state index in [1.807, 2.05) is 19.1 Å². The molecule has 0 spiro atoms. The number of hydrogen-bond acceptors (Lipinski definition) is 5. The summed E-state index contributed by atoms with van der Waals surface area (Å²) in [6.45, 7) is 1.65. The largest absolute Gasteiger partial charge is 0.496 e. The third kappa shape index (κ3) is 3.24.